The van der Waals surface area contributed by atoms with Crippen molar-refractivity contribution in [1.82, 2.24) is 4.72 Å². The molecular formula is C20H21NO4S3. The molecule has 0 saturated heterocycles. The van der Waals surface area contributed by atoms with E-state index in [4.69, 9.17) is 0 Å². The van der Waals surface area contributed by atoms with Gasteiger partial charge >= 0.3 is 0 Å². The van der Waals surface area contributed by atoms with Gasteiger partial charge in [0.1, 0.15) is 9.46 Å². The van der Waals surface area contributed by atoms with Crippen molar-refractivity contribution >= 4 is 31.2 Å². The molecule has 0 spiro atoms. The molecule has 0 radical (unpaired) electrons. The summed E-state index contributed by atoms with van der Waals surface area (Å²) in [6.07, 6.45) is 0. The van der Waals surface area contributed by atoms with E-state index in [2.05, 4.69) is 4.72 Å². The fourth-order valence-electron chi connectivity index (χ4n) is 2.79. The van der Waals surface area contributed by atoms with Crippen molar-refractivity contribution in [3.05, 3.63) is 82.7 Å². The normalized spacial score (nSPS) is 13.4. The van der Waals surface area contributed by atoms with Gasteiger partial charge in [0.25, 0.3) is 0 Å². The van der Waals surface area contributed by atoms with Crippen LogP contribution in [0.2, 0.25) is 0 Å². The maximum Gasteiger partial charge on any atom is 0.240 e. The van der Waals surface area contributed by atoms with E-state index in [9.17, 15) is 16.8 Å². The van der Waals surface area contributed by atoms with E-state index in [0.29, 0.717) is 5.56 Å². The lowest BCUT2D eigenvalue weighted by Crippen LogP contribution is -2.31. The van der Waals surface area contributed by atoms with Gasteiger partial charge in [-0.25, -0.2) is 21.6 Å². The Kier molecular flexibility index (Phi) is 6.04. The molecule has 1 unspecified atom stereocenters. The van der Waals surface area contributed by atoms with Gasteiger partial charge in [-0.2, -0.15) is 0 Å². The van der Waals surface area contributed by atoms with Gasteiger partial charge < -0.3 is 0 Å². The Morgan fingerprint density at radius 3 is 2.21 bits per heavy atom. The molecule has 1 aromatic heterocycles. The Morgan fingerprint density at radius 2 is 1.61 bits per heavy atom. The molecule has 0 aliphatic rings. The van der Waals surface area contributed by atoms with Crippen molar-refractivity contribution in [1.29, 1.82) is 0 Å². The van der Waals surface area contributed by atoms with Crippen LogP contribution >= 0.6 is 11.3 Å². The van der Waals surface area contributed by atoms with Crippen molar-refractivity contribution in [3.8, 4) is 0 Å². The molecule has 8 heteroatoms. The summed E-state index contributed by atoms with van der Waals surface area (Å²) in [6.45, 7) is 3.49. The smallest absolute Gasteiger partial charge is 0.222 e. The molecule has 1 N–H and O–H groups in total. The van der Waals surface area contributed by atoms with Gasteiger partial charge in [-0.05, 0) is 54.1 Å². The fraction of sp³-hybridized carbons (Fsp3) is 0.200. The van der Waals surface area contributed by atoms with E-state index in [0.717, 1.165) is 22.5 Å². The van der Waals surface area contributed by atoms with Crippen molar-refractivity contribution < 1.29 is 16.8 Å². The van der Waals surface area contributed by atoms with E-state index in [1.54, 1.807) is 53.9 Å². The van der Waals surface area contributed by atoms with Crippen LogP contribution in [0.4, 0.5) is 0 Å². The molecule has 148 valence electrons. The molecule has 3 rings (SSSR count). The minimum Gasteiger partial charge on any atom is -0.222 e. The Hall–Kier alpha value is -2.00. The summed E-state index contributed by atoms with van der Waals surface area (Å²) in [5.41, 5.74) is 2.38. The number of thiophene rings is 1. The molecule has 0 amide bonds. The number of rotatable bonds is 7. The number of sulfone groups is 1. The molecule has 0 bridgehead atoms. The molecule has 1 heterocycles. The monoisotopic (exact) mass is 435 g/mol. The molecule has 0 aliphatic carbocycles. The first-order valence-corrected chi connectivity index (χ1v) is 12.5. The highest BCUT2D eigenvalue weighted by Crippen LogP contribution is 2.31. The molecule has 0 fully saturated rings. The molecule has 28 heavy (non-hydrogen) atoms. The van der Waals surface area contributed by atoms with Crippen molar-refractivity contribution in [2.24, 2.45) is 0 Å². The summed E-state index contributed by atoms with van der Waals surface area (Å²) in [7, 11) is -7.58. The predicted molar refractivity (Wildman–Crippen MR) is 112 cm³/mol. The van der Waals surface area contributed by atoms with E-state index in [1.807, 2.05) is 13.8 Å². The fourth-order valence-corrected chi connectivity index (χ4v) is 6.89. The summed E-state index contributed by atoms with van der Waals surface area (Å²) in [5.74, 6) is 0. The zero-order valence-electron chi connectivity index (χ0n) is 15.5. The van der Waals surface area contributed by atoms with Crippen LogP contribution in [0.3, 0.4) is 0 Å². The number of hydrogen-bond donors (Lipinski definition) is 1. The van der Waals surface area contributed by atoms with E-state index >= 15 is 0 Å². The number of aryl methyl sites for hydroxylation is 2. The zero-order chi connectivity index (χ0) is 20.4. The van der Waals surface area contributed by atoms with Gasteiger partial charge in [-0.3, -0.25) is 0 Å². The summed E-state index contributed by atoms with van der Waals surface area (Å²) < 4.78 is 54.4. The lowest BCUT2D eigenvalue weighted by molar-refractivity contribution is 0.569. The third kappa shape index (κ3) is 4.35. The summed E-state index contributed by atoms with van der Waals surface area (Å²) in [5, 5.41) is 0.669. The van der Waals surface area contributed by atoms with Crippen LogP contribution in [-0.2, 0) is 19.9 Å². The van der Waals surface area contributed by atoms with Crippen LogP contribution in [0.5, 0.6) is 0 Å². The van der Waals surface area contributed by atoms with Crippen molar-refractivity contribution in [3.63, 3.8) is 0 Å². The van der Waals surface area contributed by atoms with Crippen LogP contribution in [0.25, 0.3) is 0 Å². The van der Waals surface area contributed by atoms with Crippen molar-refractivity contribution in [2.75, 3.05) is 6.54 Å². The highest BCUT2D eigenvalue weighted by Gasteiger charge is 2.31. The van der Waals surface area contributed by atoms with Crippen LogP contribution < -0.4 is 4.72 Å². The number of nitrogens with one attached hydrogen (secondary N) is 1. The Balaban J connectivity index is 1.93. The summed E-state index contributed by atoms with van der Waals surface area (Å²) in [4.78, 5) is 0.121. The van der Waals surface area contributed by atoms with Crippen LogP contribution in [0.1, 0.15) is 21.9 Å². The molecule has 5 nitrogen and oxygen atoms in total. The molecule has 2 aromatic carbocycles. The molecule has 0 saturated carbocycles. The van der Waals surface area contributed by atoms with Gasteiger partial charge in [0.2, 0.25) is 10.0 Å². The lowest BCUT2D eigenvalue weighted by Gasteiger charge is -2.18. The first-order chi connectivity index (χ1) is 13.2. The van der Waals surface area contributed by atoms with Gasteiger partial charge in [-0.1, -0.05) is 42.5 Å². The quantitative estimate of drug-likeness (QED) is 0.611. The van der Waals surface area contributed by atoms with Crippen LogP contribution in [0, 0.1) is 13.8 Å². The third-order valence-corrected chi connectivity index (χ3v) is 9.52. The van der Waals surface area contributed by atoms with E-state index in [-0.39, 0.29) is 15.6 Å². The SMILES string of the molecule is Cc1ccc(S(=O)(=O)NCC(c2ccccc2)S(=O)(=O)c2cccs2)cc1C. The topological polar surface area (TPSA) is 80.3 Å². The molecule has 1 atom stereocenters. The summed E-state index contributed by atoms with van der Waals surface area (Å²) in [6, 6.07) is 16.7. The average Bonchev–Trinajstić information content (AvgIpc) is 3.20. The van der Waals surface area contributed by atoms with Gasteiger partial charge in [0, 0.05) is 6.54 Å². The maximum absolute atomic E-state index is 13.1. The standard InChI is InChI=1S/C20H21NO4S3/c1-15-10-11-18(13-16(15)2)28(24,25)21-14-19(17-7-4-3-5-8-17)27(22,23)20-9-6-12-26-20/h3-13,19,21H,14H2,1-2H3. The molecule has 0 aliphatic heterocycles. The first-order valence-electron chi connectivity index (χ1n) is 8.61. The largest absolute Gasteiger partial charge is 0.240 e. The predicted octanol–water partition coefficient (Wildman–Crippen LogP) is 3.86. The highest BCUT2D eigenvalue weighted by molar-refractivity contribution is 7.93. The minimum atomic E-state index is -3.84. The highest BCUT2D eigenvalue weighted by atomic mass is 32.2. The van der Waals surface area contributed by atoms with Crippen LogP contribution in [-0.4, -0.2) is 23.4 Å². The zero-order valence-corrected chi connectivity index (χ0v) is 17.9. The second-order valence-corrected chi connectivity index (χ2v) is 11.5. The second kappa shape index (κ2) is 8.16. The summed E-state index contributed by atoms with van der Waals surface area (Å²) >= 11 is 1.12. The average molecular weight is 436 g/mol. The van der Waals surface area contributed by atoms with Gasteiger partial charge in [0.15, 0.2) is 9.84 Å². The Morgan fingerprint density at radius 1 is 0.893 bits per heavy atom. The third-order valence-electron chi connectivity index (χ3n) is 4.57. The van der Waals surface area contributed by atoms with Gasteiger partial charge in [0.05, 0.1) is 4.90 Å². The number of hydrogen-bond acceptors (Lipinski definition) is 5. The maximum atomic E-state index is 13.1. The molecule has 3 aromatic rings. The molecular weight excluding hydrogens is 414 g/mol. The Bertz CT molecular complexity index is 1150. The first kappa shape index (κ1) is 20.7. The van der Waals surface area contributed by atoms with E-state index < -0.39 is 25.1 Å². The Labute approximate surface area is 170 Å². The number of sulfonamides is 1. The lowest BCUT2D eigenvalue weighted by atomic mass is 10.1. The van der Waals surface area contributed by atoms with Crippen LogP contribution in [0.15, 0.2) is 75.1 Å². The second-order valence-electron chi connectivity index (χ2n) is 6.47. The van der Waals surface area contributed by atoms with Gasteiger partial charge in [-0.15, -0.1) is 11.3 Å². The van der Waals surface area contributed by atoms with Crippen molar-refractivity contribution in [2.45, 2.75) is 28.2 Å². The number of benzene rings is 2. The minimum absolute atomic E-state index is 0.121. The van der Waals surface area contributed by atoms with E-state index in [1.165, 1.54) is 12.1 Å².